The smallest absolute Gasteiger partial charge is 0.312 e. The summed E-state index contributed by atoms with van der Waals surface area (Å²) in [5.41, 5.74) is 2.88. The van der Waals surface area contributed by atoms with Crippen molar-refractivity contribution in [2.75, 3.05) is 7.05 Å². The highest BCUT2D eigenvalue weighted by Crippen LogP contribution is 2.34. The maximum atomic E-state index is 11.3. The molecule has 2 aromatic carbocycles. The first-order valence-corrected chi connectivity index (χ1v) is 7.51. The second-order valence-electron chi connectivity index (χ2n) is 4.47. The summed E-state index contributed by atoms with van der Waals surface area (Å²) in [5, 5.41) is 18.5. The van der Waals surface area contributed by atoms with E-state index in [-0.39, 0.29) is 11.4 Å². The molecule has 2 N–H and O–H groups in total. The SMILES string of the molecule is CNC(=S)N/N=C\c1ccc(Oc2ccccc2Cl)c([N+](=O)[O-])c1. The summed E-state index contributed by atoms with van der Waals surface area (Å²) in [4.78, 5) is 10.7. The minimum atomic E-state index is -0.533. The van der Waals surface area contributed by atoms with Gasteiger partial charge in [0.25, 0.3) is 0 Å². The number of nitrogens with zero attached hydrogens (tertiary/aromatic N) is 2. The Morgan fingerprint density at radius 3 is 2.75 bits per heavy atom. The summed E-state index contributed by atoms with van der Waals surface area (Å²) >= 11 is 10.9. The standard InChI is InChI=1S/C15H13ClN4O3S/c1-17-15(24)19-18-9-10-6-7-14(12(8-10)20(21)22)23-13-5-3-2-4-11(13)16/h2-9H,1H3,(H2,17,19,24)/b18-9-. The zero-order valence-corrected chi connectivity index (χ0v) is 14.1. The molecular weight excluding hydrogens is 352 g/mol. The van der Waals surface area contributed by atoms with Gasteiger partial charge < -0.3 is 10.1 Å². The fourth-order valence-electron chi connectivity index (χ4n) is 1.71. The Kier molecular flexibility index (Phi) is 6.05. The van der Waals surface area contributed by atoms with Crippen LogP contribution in [0.4, 0.5) is 5.69 Å². The largest absolute Gasteiger partial charge is 0.449 e. The lowest BCUT2D eigenvalue weighted by Crippen LogP contribution is -2.28. The van der Waals surface area contributed by atoms with Gasteiger partial charge in [0.1, 0.15) is 5.75 Å². The number of hydrogen-bond donors (Lipinski definition) is 2. The van der Waals surface area contributed by atoms with Gasteiger partial charge in [0.05, 0.1) is 16.2 Å². The van der Waals surface area contributed by atoms with Crippen LogP contribution >= 0.6 is 23.8 Å². The zero-order valence-electron chi connectivity index (χ0n) is 12.5. The highest BCUT2D eigenvalue weighted by molar-refractivity contribution is 7.80. The lowest BCUT2D eigenvalue weighted by molar-refractivity contribution is -0.385. The fourth-order valence-corrected chi connectivity index (χ4v) is 1.94. The van der Waals surface area contributed by atoms with Crippen molar-refractivity contribution >= 4 is 40.8 Å². The third-order valence-electron chi connectivity index (χ3n) is 2.84. The Labute approximate surface area is 148 Å². The number of benzene rings is 2. The molecule has 0 saturated heterocycles. The van der Waals surface area contributed by atoms with Crippen LogP contribution in [0.25, 0.3) is 0 Å². The fraction of sp³-hybridized carbons (Fsp3) is 0.0667. The minimum absolute atomic E-state index is 0.0870. The number of hydrazone groups is 1. The predicted molar refractivity (Wildman–Crippen MR) is 97.0 cm³/mol. The predicted octanol–water partition coefficient (Wildman–Crippen LogP) is 3.47. The van der Waals surface area contributed by atoms with Crippen molar-refractivity contribution in [3.63, 3.8) is 0 Å². The van der Waals surface area contributed by atoms with Crippen LogP contribution in [0.15, 0.2) is 47.6 Å². The average Bonchev–Trinajstić information content (AvgIpc) is 2.57. The van der Waals surface area contributed by atoms with E-state index in [0.29, 0.717) is 21.4 Å². The number of nitro groups is 1. The molecule has 2 aromatic rings. The van der Waals surface area contributed by atoms with Gasteiger partial charge in [-0.3, -0.25) is 15.5 Å². The van der Waals surface area contributed by atoms with Crippen LogP contribution in [0.2, 0.25) is 5.02 Å². The first kappa shape index (κ1) is 17.6. The molecule has 0 spiro atoms. The molecule has 0 atom stereocenters. The van der Waals surface area contributed by atoms with E-state index < -0.39 is 4.92 Å². The van der Waals surface area contributed by atoms with Gasteiger partial charge in [-0.15, -0.1) is 0 Å². The lowest BCUT2D eigenvalue weighted by Gasteiger charge is -2.08. The molecule has 0 aliphatic heterocycles. The quantitative estimate of drug-likeness (QED) is 0.365. The molecular formula is C15H13ClN4O3S. The second-order valence-corrected chi connectivity index (χ2v) is 5.28. The number of rotatable bonds is 5. The maximum Gasteiger partial charge on any atom is 0.312 e. The van der Waals surface area contributed by atoms with Gasteiger partial charge in [-0.05, 0) is 36.5 Å². The lowest BCUT2D eigenvalue weighted by atomic mass is 10.2. The van der Waals surface area contributed by atoms with E-state index in [0.717, 1.165) is 0 Å². The van der Waals surface area contributed by atoms with Gasteiger partial charge >= 0.3 is 5.69 Å². The molecule has 9 heteroatoms. The van der Waals surface area contributed by atoms with Gasteiger partial charge in [0.2, 0.25) is 5.75 Å². The van der Waals surface area contributed by atoms with E-state index in [4.69, 9.17) is 28.6 Å². The Bertz CT molecular complexity index is 798. The molecule has 0 bridgehead atoms. The molecule has 124 valence electrons. The van der Waals surface area contributed by atoms with Crippen LogP contribution in [0.5, 0.6) is 11.5 Å². The van der Waals surface area contributed by atoms with Gasteiger partial charge in [-0.25, -0.2) is 0 Å². The minimum Gasteiger partial charge on any atom is -0.449 e. The van der Waals surface area contributed by atoms with Crippen molar-refractivity contribution in [1.82, 2.24) is 10.7 Å². The number of ether oxygens (including phenoxy) is 1. The van der Waals surface area contributed by atoms with Crippen LogP contribution in [0.1, 0.15) is 5.56 Å². The number of para-hydroxylation sites is 1. The van der Waals surface area contributed by atoms with E-state index in [1.807, 2.05) is 0 Å². The molecule has 0 saturated carbocycles. The van der Waals surface area contributed by atoms with E-state index in [1.54, 1.807) is 37.4 Å². The van der Waals surface area contributed by atoms with Gasteiger partial charge in [-0.1, -0.05) is 23.7 Å². The highest BCUT2D eigenvalue weighted by Gasteiger charge is 2.17. The zero-order chi connectivity index (χ0) is 17.5. The van der Waals surface area contributed by atoms with Gasteiger partial charge in [0, 0.05) is 18.7 Å². The van der Waals surface area contributed by atoms with Crippen LogP contribution in [-0.4, -0.2) is 23.3 Å². The van der Waals surface area contributed by atoms with Crippen molar-refractivity contribution in [1.29, 1.82) is 0 Å². The van der Waals surface area contributed by atoms with Crippen molar-refractivity contribution in [2.24, 2.45) is 5.10 Å². The molecule has 0 aliphatic carbocycles. The Hall–Kier alpha value is -2.71. The normalized spacial score (nSPS) is 10.4. The molecule has 24 heavy (non-hydrogen) atoms. The van der Waals surface area contributed by atoms with E-state index in [1.165, 1.54) is 18.3 Å². The molecule has 7 nitrogen and oxygen atoms in total. The number of halogens is 1. The molecule has 0 heterocycles. The van der Waals surface area contributed by atoms with Crippen molar-refractivity contribution in [2.45, 2.75) is 0 Å². The number of nitrogens with one attached hydrogen (secondary N) is 2. The van der Waals surface area contributed by atoms with E-state index >= 15 is 0 Å². The highest BCUT2D eigenvalue weighted by atomic mass is 35.5. The third-order valence-corrected chi connectivity index (χ3v) is 3.45. The Morgan fingerprint density at radius 2 is 2.08 bits per heavy atom. The first-order chi connectivity index (χ1) is 11.5. The number of nitro benzene ring substituents is 1. The molecule has 0 radical (unpaired) electrons. The molecule has 0 aromatic heterocycles. The summed E-state index contributed by atoms with van der Waals surface area (Å²) in [6.07, 6.45) is 1.41. The van der Waals surface area contributed by atoms with Crippen LogP contribution in [-0.2, 0) is 0 Å². The van der Waals surface area contributed by atoms with Gasteiger partial charge in [-0.2, -0.15) is 5.10 Å². The molecule has 0 amide bonds. The summed E-state index contributed by atoms with van der Waals surface area (Å²) in [6, 6.07) is 11.2. The molecule has 2 rings (SSSR count). The van der Waals surface area contributed by atoms with E-state index in [2.05, 4.69) is 15.8 Å². The summed E-state index contributed by atoms with van der Waals surface area (Å²) in [7, 11) is 1.65. The van der Waals surface area contributed by atoms with Crippen molar-refractivity contribution < 1.29 is 9.66 Å². The third kappa shape index (κ3) is 4.64. The van der Waals surface area contributed by atoms with Gasteiger partial charge in [0.15, 0.2) is 5.11 Å². The van der Waals surface area contributed by atoms with Crippen LogP contribution in [0, 0.1) is 10.1 Å². The topological polar surface area (TPSA) is 88.8 Å². The van der Waals surface area contributed by atoms with Crippen LogP contribution < -0.4 is 15.5 Å². The summed E-state index contributed by atoms with van der Waals surface area (Å²) in [5.74, 6) is 0.425. The number of thiocarbonyl (C=S) groups is 1. The summed E-state index contributed by atoms with van der Waals surface area (Å²) < 4.78 is 5.55. The Morgan fingerprint density at radius 1 is 1.33 bits per heavy atom. The van der Waals surface area contributed by atoms with Crippen LogP contribution in [0.3, 0.4) is 0 Å². The summed E-state index contributed by atoms with van der Waals surface area (Å²) in [6.45, 7) is 0. The molecule has 0 unspecified atom stereocenters. The van der Waals surface area contributed by atoms with Crippen molar-refractivity contribution in [3.05, 3.63) is 63.2 Å². The molecule has 0 fully saturated rings. The average molecular weight is 365 g/mol. The monoisotopic (exact) mass is 364 g/mol. The molecule has 0 aliphatic rings. The maximum absolute atomic E-state index is 11.3. The van der Waals surface area contributed by atoms with E-state index in [9.17, 15) is 10.1 Å². The Balaban J connectivity index is 2.25. The second kappa shape index (κ2) is 8.23. The van der Waals surface area contributed by atoms with Crippen molar-refractivity contribution in [3.8, 4) is 11.5 Å². The number of hydrogen-bond acceptors (Lipinski definition) is 5. The first-order valence-electron chi connectivity index (χ1n) is 6.73.